The van der Waals surface area contributed by atoms with E-state index in [4.69, 9.17) is 4.74 Å². The molecule has 0 aliphatic carbocycles. The van der Waals surface area contributed by atoms with Crippen LogP contribution in [0.3, 0.4) is 0 Å². The summed E-state index contributed by atoms with van der Waals surface area (Å²) in [5.41, 5.74) is 0. The number of rotatable bonds is 2. The summed E-state index contributed by atoms with van der Waals surface area (Å²) < 4.78 is 5.42. The molecule has 18 heavy (non-hydrogen) atoms. The molecule has 1 amide bonds. The molecule has 1 unspecified atom stereocenters. The van der Waals surface area contributed by atoms with Crippen LogP contribution in [0.4, 0.5) is 0 Å². The third-order valence-electron chi connectivity index (χ3n) is 3.92. The van der Waals surface area contributed by atoms with Crippen LogP contribution in [0.15, 0.2) is 0 Å². The number of ether oxygens (including phenoxy) is 1. The van der Waals surface area contributed by atoms with Crippen molar-refractivity contribution in [2.75, 3.05) is 53.5 Å². The van der Waals surface area contributed by atoms with E-state index in [2.05, 4.69) is 10.2 Å². The van der Waals surface area contributed by atoms with Crippen molar-refractivity contribution in [2.45, 2.75) is 18.9 Å². The highest BCUT2D eigenvalue weighted by atomic mass is 16.5. The van der Waals surface area contributed by atoms with Crippen molar-refractivity contribution < 1.29 is 9.53 Å². The predicted molar refractivity (Wildman–Crippen MR) is 70.5 cm³/mol. The van der Waals surface area contributed by atoms with Crippen LogP contribution in [0.25, 0.3) is 0 Å². The van der Waals surface area contributed by atoms with Gasteiger partial charge >= 0.3 is 0 Å². The van der Waals surface area contributed by atoms with Crippen LogP contribution in [0.5, 0.6) is 0 Å². The van der Waals surface area contributed by atoms with Gasteiger partial charge in [0.2, 0.25) is 5.91 Å². The van der Waals surface area contributed by atoms with Gasteiger partial charge in [-0.2, -0.15) is 0 Å². The summed E-state index contributed by atoms with van der Waals surface area (Å²) in [5, 5.41) is 3.38. The Hall–Kier alpha value is -0.650. The van der Waals surface area contributed by atoms with E-state index in [1.54, 1.807) is 4.90 Å². The fourth-order valence-corrected chi connectivity index (χ4v) is 2.85. The number of hydrogen-bond acceptors (Lipinski definition) is 4. The van der Waals surface area contributed by atoms with Gasteiger partial charge in [0.15, 0.2) is 0 Å². The number of nitrogens with one attached hydrogen (secondary N) is 1. The molecule has 0 aromatic carbocycles. The molecule has 0 aromatic heterocycles. The van der Waals surface area contributed by atoms with Gasteiger partial charge in [-0.25, -0.2) is 0 Å². The monoisotopic (exact) mass is 255 g/mol. The Balaban J connectivity index is 1.95. The van der Waals surface area contributed by atoms with Crippen LogP contribution in [0.2, 0.25) is 0 Å². The zero-order chi connectivity index (χ0) is 13.0. The topological polar surface area (TPSA) is 44.8 Å². The van der Waals surface area contributed by atoms with E-state index >= 15 is 0 Å². The molecule has 1 N–H and O–H groups in total. The second kappa shape index (κ2) is 6.50. The van der Waals surface area contributed by atoms with Gasteiger partial charge in [-0.15, -0.1) is 0 Å². The quantitative estimate of drug-likeness (QED) is 0.741. The van der Waals surface area contributed by atoms with Gasteiger partial charge in [0, 0.05) is 59.5 Å². The summed E-state index contributed by atoms with van der Waals surface area (Å²) in [4.78, 5) is 16.3. The first-order chi connectivity index (χ1) is 8.68. The lowest BCUT2D eigenvalue weighted by atomic mass is 10.0. The first kappa shape index (κ1) is 13.8. The Morgan fingerprint density at radius 3 is 2.72 bits per heavy atom. The van der Waals surface area contributed by atoms with E-state index in [0.29, 0.717) is 6.04 Å². The van der Waals surface area contributed by atoms with Gasteiger partial charge in [-0.3, -0.25) is 9.69 Å². The van der Waals surface area contributed by atoms with Crippen molar-refractivity contribution in [2.24, 2.45) is 5.92 Å². The molecule has 104 valence electrons. The molecule has 2 heterocycles. The highest BCUT2D eigenvalue weighted by Gasteiger charge is 2.29. The highest BCUT2D eigenvalue weighted by Crippen LogP contribution is 2.17. The largest absolute Gasteiger partial charge is 0.381 e. The van der Waals surface area contributed by atoms with Crippen LogP contribution < -0.4 is 5.32 Å². The summed E-state index contributed by atoms with van der Waals surface area (Å²) in [6.45, 7) is 5.43. The Morgan fingerprint density at radius 1 is 1.33 bits per heavy atom. The molecule has 5 nitrogen and oxygen atoms in total. The van der Waals surface area contributed by atoms with Gasteiger partial charge in [0.05, 0.1) is 5.92 Å². The van der Waals surface area contributed by atoms with Crippen molar-refractivity contribution in [3.63, 3.8) is 0 Å². The zero-order valence-corrected chi connectivity index (χ0v) is 11.5. The van der Waals surface area contributed by atoms with Crippen molar-refractivity contribution in [3.8, 4) is 0 Å². The van der Waals surface area contributed by atoms with Gasteiger partial charge in [-0.05, 0) is 12.8 Å². The summed E-state index contributed by atoms with van der Waals surface area (Å²) >= 11 is 0. The number of hydrogen-bond donors (Lipinski definition) is 1. The third kappa shape index (κ3) is 3.43. The minimum Gasteiger partial charge on any atom is -0.381 e. The molecule has 1 atom stereocenters. The standard InChI is InChI=1S/C13H25N3O2/c1-15(2)13(17)11-9-14-5-6-16(10-11)12-3-7-18-8-4-12/h11-12,14H,3-10H2,1-2H3. The number of carbonyl (C=O) groups is 1. The first-order valence-electron chi connectivity index (χ1n) is 6.92. The average Bonchev–Trinajstić information content (AvgIpc) is 2.64. The van der Waals surface area contributed by atoms with Crippen molar-refractivity contribution in [1.29, 1.82) is 0 Å². The van der Waals surface area contributed by atoms with Gasteiger partial charge < -0.3 is 15.0 Å². The van der Waals surface area contributed by atoms with Gasteiger partial charge in [0.1, 0.15) is 0 Å². The normalized spacial score (nSPS) is 27.8. The second-order valence-corrected chi connectivity index (χ2v) is 5.47. The minimum atomic E-state index is 0.0883. The summed E-state index contributed by atoms with van der Waals surface area (Å²) in [6, 6.07) is 0.594. The van der Waals surface area contributed by atoms with Crippen molar-refractivity contribution in [3.05, 3.63) is 0 Å². The van der Waals surface area contributed by atoms with Crippen molar-refractivity contribution in [1.82, 2.24) is 15.1 Å². The van der Waals surface area contributed by atoms with E-state index in [1.165, 1.54) is 0 Å². The second-order valence-electron chi connectivity index (χ2n) is 5.47. The lowest BCUT2D eigenvalue weighted by Gasteiger charge is -2.34. The molecule has 2 aliphatic rings. The third-order valence-corrected chi connectivity index (χ3v) is 3.92. The van der Waals surface area contributed by atoms with E-state index in [0.717, 1.165) is 52.2 Å². The van der Waals surface area contributed by atoms with Crippen LogP contribution >= 0.6 is 0 Å². The number of carbonyl (C=O) groups excluding carboxylic acids is 1. The molecule has 0 radical (unpaired) electrons. The van der Waals surface area contributed by atoms with Gasteiger partial charge in [-0.1, -0.05) is 0 Å². The fraction of sp³-hybridized carbons (Fsp3) is 0.923. The fourth-order valence-electron chi connectivity index (χ4n) is 2.85. The Kier molecular flexibility index (Phi) is 4.97. The minimum absolute atomic E-state index is 0.0883. The molecule has 2 fully saturated rings. The smallest absolute Gasteiger partial charge is 0.227 e. The number of amides is 1. The van der Waals surface area contributed by atoms with Crippen LogP contribution in [0, 0.1) is 5.92 Å². The van der Waals surface area contributed by atoms with Crippen LogP contribution in [-0.2, 0) is 9.53 Å². The highest BCUT2D eigenvalue weighted by molar-refractivity contribution is 5.78. The molecule has 0 bridgehead atoms. The molecule has 0 spiro atoms. The van der Waals surface area contributed by atoms with Crippen molar-refractivity contribution >= 4 is 5.91 Å². The molecular weight excluding hydrogens is 230 g/mol. The predicted octanol–water partition coefficient (Wildman–Crippen LogP) is -0.225. The number of nitrogens with zero attached hydrogens (tertiary/aromatic N) is 2. The molecule has 2 saturated heterocycles. The SMILES string of the molecule is CN(C)C(=O)C1CNCCN(C2CCOCC2)C1. The van der Waals surface area contributed by atoms with Crippen LogP contribution in [0.1, 0.15) is 12.8 Å². The van der Waals surface area contributed by atoms with Gasteiger partial charge in [0.25, 0.3) is 0 Å². The summed E-state index contributed by atoms with van der Waals surface area (Å²) in [7, 11) is 3.68. The lowest BCUT2D eigenvalue weighted by molar-refractivity contribution is -0.133. The zero-order valence-electron chi connectivity index (χ0n) is 11.5. The lowest BCUT2D eigenvalue weighted by Crippen LogP contribution is -2.45. The molecule has 0 aromatic rings. The first-order valence-corrected chi connectivity index (χ1v) is 6.92. The Morgan fingerprint density at radius 2 is 2.06 bits per heavy atom. The maximum Gasteiger partial charge on any atom is 0.227 e. The molecule has 0 saturated carbocycles. The molecule has 2 aliphatic heterocycles. The van der Waals surface area contributed by atoms with E-state index in [9.17, 15) is 4.79 Å². The van der Waals surface area contributed by atoms with E-state index in [-0.39, 0.29) is 11.8 Å². The molecular formula is C13H25N3O2. The maximum absolute atomic E-state index is 12.1. The maximum atomic E-state index is 12.1. The molecule has 5 heteroatoms. The van der Waals surface area contributed by atoms with E-state index < -0.39 is 0 Å². The molecule has 2 rings (SSSR count). The van der Waals surface area contributed by atoms with E-state index in [1.807, 2.05) is 14.1 Å². The summed E-state index contributed by atoms with van der Waals surface area (Å²) in [5.74, 6) is 0.326. The summed E-state index contributed by atoms with van der Waals surface area (Å²) in [6.07, 6.45) is 2.20. The van der Waals surface area contributed by atoms with Crippen LogP contribution in [-0.4, -0.2) is 75.2 Å². The average molecular weight is 255 g/mol. The Bertz CT molecular complexity index is 277. The Labute approximate surface area is 109 Å².